The van der Waals surface area contributed by atoms with E-state index in [1.807, 2.05) is 6.08 Å². The number of halogens is 1. The van der Waals surface area contributed by atoms with Crippen LogP contribution in [0.25, 0.3) is 0 Å². The summed E-state index contributed by atoms with van der Waals surface area (Å²) < 4.78 is 29.9. The Kier molecular flexibility index (Phi) is 46.3. The van der Waals surface area contributed by atoms with Crippen molar-refractivity contribution in [2.75, 3.05) is 53.6 Å². The number of phenolic OH excluding ortho intramolecular Hbond substituents is 1. The number of hydrogen-bond acceptors (Lipinski definition) is 12. The molecule has 58 heavy (non-hydrogen) atoms. The molecule has 1 aliphatic heterocycles. The van der Waals surface area contributed by atoms with Gasteiger partial charge in [-0.05, 0) is 123 Å². The Morgan fingerprint density at radius 1 is 0.741 bits per heavy atom. The average molecular weight is 930 g/mol. The van der Waals surface area contributed by atoms with Gasteiger partial charge < -0.3 is 45.1 Å². The molecule has 0 radical (unpaired) electrons. The summed E-state index contributed by atoms with van der Waals surface area (Å²) >= 11 is 3.38. The number of allylic oxidation sites excluding steroid dienone is 7. The first-order valence-electron chi connectivity index (χ1n) is 18.0. The number of aromatic hydroxyl groups is 1. The second-order valence-electron chi connectivity index (χ2n) is 12.5. The van der Waals surface area contributed by atoms with Gasteiger partial charge in [-0.1, -0.05) is 56.5 Å². The number of rotatable bonds is 15. The molecule has 0 atom stereocenters. The second kappa shape index (κ2) is 42.4. The monoisotopic (exact) mass is 928 g/mol. The molecule has 0 unspecified atom stereocenters. The molecule has 3 rings (SSSR count). The molecule has 0 aromatic heterocycles. The van der Waals surface area contributed by atoms with Crippen LogP contribution in [-0.4, -0.2) is 77.1 Å². The smallest absolute Gasteiger partial charge is 1.00 e. The standard InChI is InChI=1S/C19H26O4.C10H17Br.C9H10O4.C4H8O.CH2O3.2K.H/c1-14(2)7-6-8-15(3)11-12-23-18-13-16(19(20)22-5)9-10-17(18)21-4;1-9(2)5-4-6-10(3)7-8-11;1-12-8-4-3-6(5-7(8)10)9(11)13-2;1-2-4-5-3-1;2-1-4-3;;;/h7,9-11,13H,6,8,12H2,1-5H3;5,7H,4,6,8H2,1-3H3;3-5,10H,1-2H3;1-4H2;1,3H;;;/q;;;;;2*+1;-1/p-1/b15-11+;10-7+;;;;;;. The van der Waals surface area contributed by atoms with Gasteiger partial charge in [0.1, 0.15) is 6.61 Å². The van der Waals surface area contributed by atoms with E-state index >= 15 is 0 Å². The van der Waals surface area contributed by atoms with E-state index in [1.54, 1.807) is 25.3 Å². The fourth-order valence-corrected chi connectivity index (χ4v) is 4.82. The van der Waals surface area contributed by atoms with Crippen LogP contribution < -0.4 is 122 Å². The van der Waals surface area contributed by atoms with Gasteiger partial charge in [0, 0.05) is 18.5 Å². The van der Waals surface area contributed by atoms with Crippen LogP contribution in [0.5, 0.6) is 23.0 Å². The fourth-order valence-electron chi connectivity index (χ4n) is 4.27. The van der Waals surface area contributed by atoms with Crippen LogP contribution in [0.1, 0.15) is 102 Å². The predicted molar refractivity (Wildman–Crippen MR) is 223 cm³/mol. The molecule has 1 aliphatic rings. The maximum Gasteiger partial charge on any atom is 1.00 e. The number of methoxy groups -OCH3 is 4. The number of hydrogen-bond donors (Lipinski definition) is 1. The third-order valence-electron chi connectivity index (χ3n) is 7.33. The maximum absolute atomic E-state index is 11.6. The molecule has 1 saturated heterocycles. The summed E-state index contributed by atoms with van der Waals surface area (Å²) in [4.78, 5) is 33.8. The number of phenols is 1. The molecule has 15 heteroatoms. The summed E-state index contributed by atoms with van der Waals surface area (Å²) in [7, 11) is 5.64. The van der Waals surface area contributed by atoms with Crippen LogP contribution in [0.15, 0.2) is 83.0 Å². The predicted octanol–water partition coefficient (Wildman–Crippen LogP) is 3.17. The molecule has 1 fully saturated rings. The molecular formula is C43H63BrK2O12. The molecule has 0 spiro atoms. The topological polar surface area (TPSA) is 159 Å². The van der Waals surface area contributed by atoms with Gasteiger partial charge >= 0.3 is 115 Å². The first-order valence-corrected chi connectivity index (χ1v) is 19.1. The van der Waals surface area contributed by atoms with Crippen molar-refractivity contribution in [3.05, 3.63) is 94.1 Å². The Bertz CT molecular complexity index is 1530. The van der Waals surface area contributed by atoms with Crippen molar-refractivity contribution in [1.82, 2.24) is 0 Å². The summed E-state index contributed by atoms with van der Waals surface area (Å²) in [5.41, 5.74) is 6.22. The molecule has 0 saturated carbocycles. The van der Waals surface area contributed by atoms with Crippen LogP contribution in [0.3, 0.4) is 0 Å². The summed E-state index contributed by atoms with van der Waals surface area (Å²) in [5, 5.41) is 18.7. The van der Waals surface area contributed by atoms with Crippen molar-refractivity contribution >= 4 is 34.3 Å². The van der Waals surface area contributed by atoms with Gasteiger partial charge in [-0.3, -0.25) is 4.79 Å². The zero-order valence-electron chi connectivity index (χ0n) is 37.7. The third kappa shape index (κ3) is 34.4. The van der Waals surface area contributed by atoms with E-state index in [-0.39, 0.29) is 116 Å². The van der Waals surface area contributed by atoms with Crippen LogP contribution in [0.2, 0.25) is 0 Å². The van der Waals surface area contributed by atoms with E-state index in [9.17, 15) is 14.7 Å². The van der Waals surface area contributed by atoms with Crippen molar-refractivity contribution in [1.29, 1.82) is 0 Å². The molecule has 0 aliphatic carbocycles. The van der Waals surface area contributed by atoms with Gasteiger partial charge in [-0.15, -0.1) is 0 Å². The van der Waals surface area contributed by atoms with Gasteiger partial charge in [0.25, 0.3) is 6.47 Å². The van der Waals surface area contributed by atoms with Crippen LogP contribution in [0.4, 0.5) is 0 Å². The summed E-state index contributed by atoms with van der Waals surface area (Å²) in [6.07, 6.45) is 15.7. The Morgan fingerprint density at radius 3 is 1.55 bits per heavy atom. The zero-order valence-corrected chi connectivity index (χ0v) is 44.6. The minimum Gasteiger partial charge on any atom is -1.00 e. The number of benzene rings is 2. The van der Waals surface area contributed by atoms with Crippen molar-refractivity contribution in [2.24, 2.45) is 0 Å². The fraction of sp³-hybridized carbons (Fsp3) is 0.465. The summed E-state index contributed by atoms with van der Waals surface area (Å²) in [6, 6.07) is 9.30. The number of alkyl halides is 1. The second-order valence-corrected chi connectivity index (χ2v) is 13.1. The van der Waals surface area contributed by atoms with Gasteiger partial charge in [0.2, 0.25) is 0 Å². The van der Waals surface area contributed by atoms with Crippen molar-refractivity contribution in [3.8, 4) is 23.0 Å². The van der Waals surface area contributed by atoms with Gasteiger partial charge in [-0.2, -0.15) is 0 Å². The van der Waals surface area contributed by atoms with Crippen molar-refractivity contribution in [3.63, 3.8) is 0 Å². The molecule has 12 nitrogen and oxygen atoms in total. The minimum absolute atomic E-state index is 0. The van der Waals surface area contributed by atoms with E-state index in [4.69, 9.17) is 33.7 Å². The van der Waals surface area contributed by atoms with E-state index in [0.29, 0.717) is 35.0 Å². The van der Waals surface area contributed by atoms with E-state index in [2.05, 4.69) is 85.3 Å². The summed E-state index contributed by atoms with van der Waals surface area (Å²) in [5.74, 6) is 0.485. The average Bonchev–Trinajstić information content (AvgIpc) is 3.78. The quantitative estimate of drug-likeness (QED) is 0.0530. The molecule has 1 heterocycles. The van der Waals surface area contributed by atoms with E-state index in [0.717, 1.165) is 31.4 Å². The van der Waals surface area contributed by atoms with Crippen molar-refractivity contribution in [2.45, 2.75) is 80.1 Å². The number of ether oxygens (including phenoxy) is 6. The molecule has 0 bridgehead atoms. The van der Waals surface area contributed by atoms with Crippen LogP contribution in [-0.2, 0) is 23.9 Å². The van der Waals surface area contributed by atoms with Crippen LogP contribution in [0, 0.1) is 0 Å². The molecule has 1 N–H and O–H groups in total. The molecule has 0 amide bonds. The third-order valence-corrected chi connectivity index (χ3v) is 7.65. The normalized spacial score (nSPS) is 11.0. The molecule has 2 aromatic rings. The molecular weight excluding hydrogens is 867 g/mol. The Morgan fingerprint density at radius 2 is 1.19 bits per heavy atom. The van der Waals surface area contributed by atoms with E-state index in [1.165, 1.54) is 87.5 Å². The number of carbonyl (C=O) groups is 3. The Hall–Kier alpha value is -1.32. The Balaban J connectivity index is -0.000000230. The van der Waals surface area contributed by atoms with Gasteiger partial charge in [0.15, 0.2) is 23.0 Å². The van der Waals surface area contributed by atoms with Crippen molar-refractivity contribution < 1.29 is 162 Å². The maximum atomic E-state index is 11.6. The summed E-state index contributed by atoms with van der Waals surface area (Å²) in [6.45, 7) is 15.0. The van der Waals surface area contributed by atoms with Gasteiger partial charge in [0.05, 0.1) is 39.6 Å². The first kappa shape index (κ1) is 63.3. The van der Waals surface area contributed by atoms with Gasteiger partial charge in [-0.25, -0.2) is 9.59 Å². The van der Waals surface area contributed by atoms with Crippen LogP contribution >= 0.6 is 15.9 Å². The number of carbonyl (C=O) groups excluding carboxylic acids is 3. The zero-order chi connectivity index (χ0) is 42.7. The molecule has 316 valence electrons. The molecule has 2 aromatic carbocycles. The minimum atomic E-state index is -0.488. The Labute approximate surface area is 441 Å². The largest absolute Gasteiger partial charge is 1.00 e. The van der Waals surface area contributed by atoms with E-state index < -0.39 is 11.9 Å². The number of esters is 2. The SMILES string of the molecule is C1CCOC1.CC(C)=CCC/C(C)=C/CBr.COC(=O)c1ccc(OC)c(O)c1.COC(=O)c1ccc(OC)c(OC/C=C(\C)CCC=C(C)C)c1.O=CO[O-].[H-].[K+].[K+]. The first-order chi connectivity index (χ1) is 26.7.